The molecule has 0 radical (unpaired) electrons. The average molecular weight is 292 g/mol. The van der Waals surface area contributed by atoms with Gasteiger partial charge in [-0.2, -0.15) is 0 Å². The van der Waals surface area contributed by atoms with Crippen LogP contribution >= 0.6 is 0 Å². The number of hydrogen-bond acceptors (Lipinski definition) is 2. The summed E-state index contributed by atoms with van der Waals surface area (Å²) in [6, 6.07) is 5.67. The second kappa shape index (κ2) is 6.24. The molecule has 2 amide bonds. The van der Waals surface area contributed by atoms with Gasteiger partial charge in [-0.1, -0.05) is 19.9 Å². The lowest BCUT2D eigenvalue weighted by atomic mass is 10.0. The van der Waals surface area contributed by atoms with Crippen molar-refractivity contribution in [3.05, 3.63) is 30.1 Å². The molecule has 1 aromatic rings. The minimum atomic E-state index is -0.969. The smallest absolute Gasteiger partial charge is 0.240 e. The first kappa shape index (κ1) is 15.5. The molecular formula is C16H21FN2O2. The standard InChI is InChI=1S/C16H21FN2O2/c1-11(2)6-9-18-14(20)16(7-8-16)15(21)19-13-5-3-4-12(17)10-13/h3-5,10-11H,6-9H2,1-2H3,(H,18,20)(H,19,21). The van der Waals surface area contributed by atoms with Crippen LogP contribution in [0.5, 0.6) is 0 Å². The van der Waals surface area contributed by atoms with Gasteiger partial charge in [0.15, 0.2) is 0 Å². The minimum Gasteiger partial charge on any atom is -0.355 e. The van der Waals surface area contributed by atoms with Gasteiger partial charge in [0.05, 0.1) is 0 Å². The SMILES string of the molecule is CC(C)CCNC(=O)C1(C(=O)Nc2cccc(F)c2)CC1. The van der Waals surface area contributed by atoms with Gasteiger partial charge in [-0.3, -0.25) is 9.59 Å². The van der Waals surface area contributed by atoms with Crippen molar-refractivity contribution in [3.63, 3.8) is 0 Å². The normalized spacial score (nSPS) is 15.6. The van der Waals surface area contributed by atoms with E-state index in [1.165, 1.54) is 18.2 Å². The summed E-state index contributed by atoms with van der Waals surface area (Å²) < 4.78 is 13.1. The van der Waals surface area contributed by atoms with Crippen molar-refractivity contribution in [2.24, 2.45) is 11.3 Å². The molecule has 0 bridgehead atoms. The van der Waals surface area contributed by atoms with Crippen LogP contribution in [0.4, 0.5) is 10.1 Å². The number of halogens is 1. The monoisotopic (exact) mass is 292 g/mol. The van der Waals surface area contributed by atoms with Crippen molar-refractivity contribution in [2.75, 3.05) is 11.9 Å². The maximum atomic E-state index is 13.1. The van der Waals surface area contributed by atoms with Crippen LogP contribution in [0.25, 0.3) is 0 Å². The molecule has 0 heterocycles. The third kappa shape index (κ3) is 3.80. The van der Waals surface area contributed by atoms with Crippen molar-refractivity contribution in [3.8, 4) is 0 Å². The summed E-state index contributed by atoms with van der Waals surface area (Å²) in [5.74, 6) is -0.493. The summed E-state index contributed by atoms with van der Waals surface area (Å²) in [5, 5.41) is 5.45. The molecule has 1 aromatic carbocycles. The predicted octanol–water partition coefficient (Wildman–Crippen LogP) is 2.71. The highest BCUT2D eigenvalue weighted by Gasteiger charge is 2.56. The lowest BCUT2D eigenvalue weighted by molar-refractivity contribution is -0.134. The highest BCUT2D eigenvalue weighted by molar-refractivity contribution is 6.13. The Morgan fingerprint density at radius 1 is 1.29 bits per heavy atom. The zero-order chi connectivity index (χ0) is 15.5. The predicted molar refractivity (Wildman–Crippen MR) is 79.2 cm³/mol. The van der Waals surface area contributed by atoms with E-state index < -0.39 is 11.2 Å². The highest BCUT2D eigenvalue weighted by atomic mass is 19.1. The van der Waals surface area contributed by atoms with E-state index in [1.807, 2.05) is 0 Å². The van der Waals surface area contributed by atoms with Gasteiger partial charge in [0.25, 0.3) is 0 Å². The first-order valence-electron chi connectivity index (χ1n) is 7.29. The maximum absolute atomic E-state index is 13.1. The van der Waals surface area contributed by atoms with Crippen LogP contribution in [0, 0.1) is 17.2 Å². The van der Waals surface area contributed by atoms with E-state index in [1.54, 1.807) is 6.07 Å². The number of nitrogens with one attached hydrogen (secondary N) is 2. The number of amides is 2. The van der Waals surface area contributed by atoms with Gasteiger partial charge >= 0.3 is 0 Å². The molecule has 21 heavy (non-hydrogen) atoms. The molecule has 1 aliphatic rings. The lowest BCUT2D eigenvalue weighted by Gasteiger charge is -2.16. The van der Waals surface area contributed by atoms with Crippen molar-refractivity contribution in [1.82, 2.24) is 5.32 Å². The number of benzene rings is 1. The van der Waals surface area contributed by atoms with E-state index in [-0.39, 0.29) is 11.8 Å². The Morgan fingerprint density at radius 2 is 2.00 bits per heavy atom. The molecule has 0 atom stereocenters. The molecule has 1 saturated carbocycles. The van der Waals surface area contributed by atoms with Gasteiger partial charge in [-0.15, -0.1) is 0 Å². The molecule has 1 aliphatic carbocycles. The average Bonchev–Trinajstić information content (AvgIpc) is 3.19. The Bertz CT molecular complexity index is 539. The fourth-order valence-corrected chi connectivity index (χ4v) is 2.14. The van der Waals surface area contributed by atoms with Crippen molar-refractivity contribution >= 4 is 17.5 Å². The van der Waals surface area contributed by atoms with Crippen molar-refractivity contribution in [1.29, 1.82) is 0 Å². The lowest BCUT2D eigenvalue weighted by Crippen LogP contribution is -2.40. The first-order chi connectivity index (χ1) is 9.94. The van der Waals surface area contributed by atoms with E-state index in [4.69, 9.17) is 0 Å². The molecule has 0 saturated heterocycles. The van der Waals surface area contributed by atoms with Crippen molar-refractivity contribution < 1.29 is 14.0 Å². The number of carbonyl (C=O) groups excluding carboxylic acids is 2. The molecule has 1 fully saturated rings. The largest absolute Gasteiger partial charge is 0.355 e. The molecule has 4 nitrogen and oxygen atoms in total. The fourth-order valence-electron chi connectivity index (χ4n) is 2.14. The van der Waals surface area contributed by atoms with E-state index in [2.05, 4.69) is 24.5 Å². The van der Waals surface area contributed by atoms with Crippen LogP contribution in [0.15, 0.2) is 24.3 Å². The van der Waals surface area contributed by atoms with Crippen LogP contribution in [-0.4, -0.2) is 18.4 Å². The first-order valence-corrected chi connectivity index (χ1v) is 7.29. The molecule has 114 valence electrons. The fraction of sp³-hybridized carbons (Fsp3) is 0.500. The summed E-state index contributed by atoms with van der Waals surface area (Å²) in [7, 11) is 0. The summed E-state index contributed by atoms with van der Waals surface area (Å²) >= 11 is 0. The Labute approximate surface area is 124 Å². The van der Waals surface area contributed by atoms with Gasteiger partial charge in [0.2, 0.25) is 11.8 Å². The molecule has 0 spiro atoms. The van der Waals surface area contributed by atoms with Gasteiger partial charge in [0, 0.05) is 12.2 Å². The van der Waals surface area contributed by atoms with Crippen LogP contribution in [0.2, 0.25) is 0 Å². The van der Waals surface area contributed by atoms with Gasteiger partial charge in [-0.25, -0.2) is 4.39 Å². The Morgan fingerprint density at radius 3 is 2.57 bits per heavy atom. The highest BCUT2D eigenvalue weighted by Crippen LogP contribution is 2.46. The van der Waals surface area contributed by atoms with Crippen LogP contribution in [0.1, 0.15) is 33.1 Å². The summed E-state index contributed by atoms with van der Waals surface area (Å²) in [6.07, 6.45) is 1.97. The van der Waals surface area contributed by atoms with E-state index in [9.17, 15) is 14.0 Å². The molecule has 2 rings (SSSR count). The molecule has 0 aromatic heterocycles. The van der Waals surface area contributed by atoms with E-state index in [0.717, 1.165) is 6.42 Å². The third-order valence-electron chi connectivity index (χ3n) is 3.71. The maximum Gasteiger partial charge on any atom is 0.240 e. The Hall–Kier alpha value is -1.91. The second-order valence-corrected chi connectivity index (χ2v) is 5.99. The van der Waals surface area contributed by atoms with Crippen LogP contribution in [-0.2, 0) is 9.59 Å². The summed E-state index contributed by atoms with van der Waals surface area (Å²) in [4.78, 5) is 24.4. The second-order valence-electron chi connectivity index (χ2n) is 5.99. The number of rotatable bonds is 6. The Kier molecular flexibility index (Phi) is 4.60. The quantitative estimate of drug-likeness (QED) is 0.792. The van der Waals surface area contributed by atoms with Crippen LogP contribution in [0.3, 0.4) is 0 Å². The minimum absolute atomic E-state index is 0.225. The van der Waals surface area contributed by atoms with E-state index >= 15 is 0 Å². The zero-order valence-electron chi connectivity index (χ0n) is 12.4. The third-order valence-corrected chi connectivity index (χ3v) is 3.71. The van der Waals surface area contributed by atoms with Gasteiger partial charge in [-0.05, 0) is 43.4 Å². The van der Waals surface area contributed by atoms with Gasteiger partial charge < -0.3 is 10.6 Å². The topological polar surface area (TPSA) is 58.2 Å². The summed E-state index contributed by atoms with van der Waals surface area (Å²) in [6.45, 7) is 4.73. The number of carbonyl (C=O) groups is 2. The molecular weight excluding hydrogens is 271 g/mol. The van der Waals surface area contributed by atoms with E-state index in [0.29, 0.717) is 31.0 Å². The number of hydrogen-bond donors (Lipinski definition) is 2. The Balaban J connectivity index is 1.93. The molecule has 0 aliphatic heterocycles. The molecule has 2 N–H and O–H groups in total. The molecule has 0 unspecified atom stereocenters. The summed E-state index contributed by atoms with van der Waals surface area (Å²) in [5.41, 5.74) is -0.593. The van der Waals surface area contributed by atoms with Gasteiger partial charge in [0.1, 0.15) is 11.2 Å². The van der Waals surface area contributed by atoms with Crippen LogP contribution < -0.4 is 10.6 Å². The zero-order valence-corrected chi connectivity index (χ0v) is 12.4. The number of anilines is 1. The molecule has 5 heteroatoms. The van der Waals surface area contributed by atoms with Crippen molar-refractivity contribution in [2.45, 2.75) is 33.1 Å².